The maximum atomic E-state index is 11.8. The van der Waals surface area contributed by atoms with E-state index in [0.717, 1.165) is 19.4 Å². The van der Waals surface area contributed by atoms with Crippen LogP contribution in [0.3, 0.4) is 0 Å². The molecular formula is C12H23N3O2. The Balaban J connectivity index is 2.28. The summed E-state index contributed by atoms with van der Waals surface area (Å²) < 4.78 is 0. The third-order valence-corrected chi connectivity index (χ3v) is 2.84. The van der Waals surface area contributed by atoms with Gasteiger partial charge in [-0.3, -0.25) is 9.59 Å². The van der Waals surface area contributed by atoms with E-state index in [1.807, 2.05) is 13.8 Å². The third-order valence-electron chi connectivity index (χ3n) is 2.84. The quantitative estimate of drug-likeness (QED) is 0.718. The molecule has 2 amide bonds. The van der Waals surface area contributed by atoms with Crippen molar-refractivity contribution in [2.75, 3.05) is 20.1 Å². The molecule has 0 bridgehead atoms. The predicted octanol–water partition coefficient (Wildman–Crippen LogP) is 0.112. The van der Waals surface area contributed by atoms with Gasteiger partial charge in [0, 0.05) is 25.6 Å². The van der Waals surface area contributed by atoms with Gasteiger partial charge < -0.3 is 15.5 Å². The van der Waals surface area contributed by atoms with Crippen molar-refractivity contribution in [2.45, 2.75) is 45.2 Å². The first-order valence-electron chi connectivity index (χ1n) is 6.25. The first-order valence-corrected chi connectivity index (χ1v) is 6.25. The Morgan fingerprint density at radius 2 is 2.18 bits per heavy atom. The zero-order chi connectivity index (χ0) is 12.8. The molecule has 1 saturated heterocycles. The van der Waals surface area contributed by atoms with Gasteiger partial charge in [-0.15, -0.1) is 0 Å². The van der Waals surface area contributed by atoms with Gasteiger partial charge in [0.05, 0.1) is 6.54 Å². The number of rotatable bonds is 5. The van der Waals surface area contributed by atoms with E-state index in [1.54, 1.807) is 7.05 Å². The molecule has 2 N–H and O–H groups in total. The van der Waals surface area contributed by atoms with Crippen molar-refractivity contribution in [2.24, 2.45) is 0 Å². The molecule has 1 unspecified atom stereocenters. The van der Waals surface area contributed by atoms with E-state index >= 15 is 0 Å². The summed E-state index contributed by atoms with van der Waals surface area (Å²) in [5, 5.41) is 6.05. The summed E-state index contributed by atoms with van der Waals surface area (Å²) in [5.41, 5.74) is 0. The summed E-state index contributed by atoms with van der Waals surface area (Å²) in [7, 11) is 1.68. The Kier molecular flexibility index (Phi) is 5.41. The second-order valence-electron chi connectivity index (χ2n) is 4.97. The highest BCUT2D eigenvalue weighted by Gasteiger charge is 2.20. The zero-order valence-corrected chi connectivity index (χ0v) is 11.0. The molecule has 0 radical (unpaired) electrons. The van der Waals surface area contributed by atoms with E-state index in [-0.39, 0.29) is 30.4 Å². The van der Waals surface area contributed by atoms with Crippen LogP contribution in [0.2, 0.25) is 0 Å². The molecule has 0 saturated carbocycles. The molecule has 1 heterocycles. The van der Waals surface area contributed by atoms with Crippen molar-refractivity contribution in [1.29, 1.82) is 0 Å². The Labute approximate surface area is 103 Å². The molecule has 5 nitrogen and oxygen atoms in total. The highest BCUT2D eigenvalue weighted by molar-refractivity contribution is 5.84. The van der Waals surface area contributed by atoms with Gasteiger partial charge in [-0.25, -0.2) is 0 Å². The molecule has 17 heavy (non-hydrogen) atoms. The van der Waals surface area contributed by atoms with Gasteiger partial charge in [-0.05, 0) is 33.2 Å². The molecule has 1 fully saturated rings. The van der Waals surface area contributed by atoms with Crippen LogP contribution in [0.1, 0.15) is 33.1 Å². The van der Waals surface area contributed by atoms with Crippen LogP contribution in [-0.4, -0.2) is 48.9 Å². The minimum atomic E-state index is -0.102. The molecule has 1 rings (SSSR count). The topological polar surface area (TPSA) is 61.4 Å². The predicted molar refractivity (Wildman–Crippen MR) is 66.6 cm³/mol. The lowest BCUT2D eigenvalue weighted by molar-refractivity contribution is -0.135. The van der Waals surface area contributed by atoms with Crippen LogP contribution in [-0.2, 0) is 9.59 Å². The van der Waals surface area contributed by atoms with Crippen molar-refractivity contribution in [3.05, 3.63) is 0 Å². The number of likely N-dealkylation sites (N-methyl/N-ethyl adjacent to an activating group) is 1. The highest BCUT2D eigenvalue weighted by atomic mass is 16.2. The van der Waals surface area contributed by atoms with Crippen LogP contribution < -0.4 is 10.6 Å². The minimum Gasteiger partial charge on any atom is -0.352 e. The highest BCUT2D eigenvalue weighted by Crippen LogP contribution is 2.09. The Bertz CT molecular complexity index is 273. The zero-order valence-electron chi connectivity index (χ0n) is 11.0. The van der Waals surface area contributed by atoms with Gasteiger partial charge in [-0.2, -0.15) is 0 Å². The van der Waals surface area contributed by atoms with Crippen molar-refractivity contribution in [3.8, 4) is 0 Å². The lowest BCUT2D eigenvalue weighted by atomic mass is 10.1. The SMILES string of the molecule is CC(C)NC(=O)CN(C)C(=O)CC1CCCN1. The van der Waals surface area contributed by atoms with Gasteiger partial charge in [0.15, 0.2) is 0 Å². The second kappa shape index (κ2) is 6.59. The number of hydrogen-bond acceptors (Lipinski definition) is 3. The van der Waals surface area contributed by atoms with Crippen molar-refractivity contribution >= 4 is 11.8 Å². The van der Waals surface area contributed by atoms with Crippen LogP contribution in [0.5, 0.6) is 0 Å². The fraction of sp³-hybridized carbons (Fsp3) is 0.833. The number of carbonyl (C=O) groups excluding carboxylic acids is 2. The summed E-state index contributed by atoms with van der Waals surface area (Å²) in [6, 6.07) is 0.403. The maximum absolute atomic E-state index is 11.8. The van der Waals surface area contributed by atoms with Crippen molar-refractivity contribution in [1.82, 2.24) is 15.5 Å². The van der Waals surface area contributed by atoms with E-state index in [2.05, 4.69) is 10.6 Å². The fourth-order valence-corrected chi connectivity index (χ4v) is 1.97. The molecule has 1 aliphatic rings. The monoisotopic (exact) mass is 241 g/mol. The standard InChI is InChI=1S/C12H23N3O2/c1-9(2)14-11(16)8-15(3)12(17)7-10-5-4-6-13-10/h9-10,13H,4-8H2,1-3H3,(H,14,16). The number of carbonyl (C=O) groups is 2. The average molecular weight is 241 g/mol. The van der Waals surface area contributed by atoms with Crippen molar-refractivity contribution < 1.29 is 9.59 Å². The molecule has 0 aromatic carbocycles. The first-order chi connectivity index (χ1) is 7.99. The summed E-state index contributed by atoms with van der Waals surface area (Å²) in [6.45, 7) is 4.95. The molecular weight excluding hydrogens is 218 g/mol. The van der Waals surface area contributed by atoms with Crippen LogP contribution in [0.15, 0.2) is 0 Å². The molecule has 0 aliphatic carbocycles. The Morgan fingerprint density at radius 3 is 2.71 bits per heavy atom. The Hall–Kier alpha value is -1.10. The smallest absolute Gasteiger partial charge is 0.239 e. The number of amides is 2. The van der Waals surface area contributed by atoms with Gasteiger partial charge in [0.1, 0.15) is 0 Å². The number of hydrogen-bond donors (Lipinski definition) is 2. The molecule has 1 atom stereocenters. The lowest BCUT2D eigenvalue weighted by Gasteiger charge is -2.19. The van der Waals surface area contributed by atoms with Crippen LogP contribution >= 0.6 is 0 Å². The molecule has 0 aromatic rings. The summed E-state index contributed by atoms with van der Waals surface area (Å²) >= 11 is 0. The average Bonchev–Trinajstić information content (AvgIpc) is 2.68. The van der Waals surface area contributed by atoms with Gasteiger partial charge in [-0.1, -0.05) is 0 Å². The molecule has 1 aliphatic heterocycles. The minimum absolute atomic E-state index is 0.0308. The molecule has 98 valence electrons. The largest absolute Gasteiger partial charge is 0.352 e. The van der Waals surface area contributed by atoms with E-state index in [0.29, 0.717) is 6.42 Å². The van der Waals surface area contributed by atoms with E-state index in [4.69, 9.17) is 0 Å². The van der Waals surface area contributed by atoms with Gasteiger partial charge in [0.25, 0.3) is 0 Å². The first kappa shape index (κ1) is 14.0. The summed E-state index contributed by atoms with van der Waals surface area (Å²) in [6.07, 6.45) is 2.68. The summed E-state index contributed by atoms with van der Waals surface area (Å²) in [5.74, 6) is -0.0708. The molecule has 0 spiro atoms. The van der Waals surface area contributed by atoms with Crippen molar-refractivity contribution in [3.63, 3.8) is 0 Å². The maximum Gasteiger partial charge on any atom is 0.239 e. The number of nitrogens with one attached hydrogen (secondary N) is 2. The van der Waals surface area contributed by atoms with Crippen LogP contribution in [0, 0.1) is 0 Å². The van der Waals surface area contributed by atoms with E-state index in [1.165, 1.54) is 4.90 Å². The van der Waals surface area contributed by atoms with Crippen LogP contribution in [0.25, 0.3) is 0 Å². The number of nitrogens with zero attached hydrogens (tertiary/aromatic N) is 1. The van der Waals surface area contributed by atoms with Gasteiger partial charge >= 0.3 is 0 Å². The summed E-state index contributed by atoms with van der Waals surface area (Å²) in [4.78, 5) is 24.8. The van der Waals surface area contributed by atoms with Crippen LogP contribution in [0.4, 0.5) is 0 Å². The van der Waals surface area contributed by atoms with E-state index in [9.17, 15) is 9.59 Å². The Morgan fingerprint density at radius 1 is 1.47 bits per heavy atom. The molecule has 5 heteroatoms. The fourth-order valence-electron chi connectivity index (χ4n) is 1.97. The lowest BCUT2D eigenvalue weighted by Crippen LogP contribution is -2.42. The van der Waals surface area contributed by atoms with Gasteiger partial charge in [0.2, 0.25) is 11.8 Å². The van der Waals surface area contributed by atoms with E-state index < -0.39 is 0 Å². The second-order valence-corrected chi connectivity index (χ2v) is 4.97. The normalized spacial score (nSPS) is 19.4. The molecule has 0 aromatic heterocycles. The third kappa shape index (κ3) is 5.17.